The third kappa shape index (κ3) is 3.71. The number of ketones is 1. The summed E-state index contributed by atoms with van der Waals surface area (Å²) >= 11 is 5.99. The summed E-state index contributed by atoms with van der Waals surface area (Å²) < 4.78 is 0. The van der Waals surface area contributed by atoms with Gasteiger partial charge in [-0.2, -0.15) is 0 Å². The summed E-state index contributed by atoms with van der Waals surface area (Å²) in [6.45, 7) is 3.92. The lowest BCUT2D eigenvalue weighted by Gasteiger charge is -2.24. The molecule has 0 bridgehead atoms. The molecule has 0 aliphatic heterocycles. The molecule has 0 unspecified atom stereocenters. The summed E-state index contributed by atoms with van der Waals surface area (Å²) in [4.78, 5) is 21.9. The van der Waals surface area contributed by atoms with E-state index in [2.05, 4.69) is 15.3 Å². The van der Waals surface area contributed by atoms with Gasteiger partial charge in [0.25, 0.3) is 0 Å². The highest BCUT2D eigenvalue weighted by atomic mass is 35.5. The first kappa shape index (κ1) is 17.7. The molecule has 0 radical (unpaired) electrons. The molecule has 0 fully saturated rings. The van der Waals surface area contributed by atoms with Crippen molar-refractivity contribution in [2.45, 2.75) is 32.6 Å². The Bertz CT molecular complexity index is 997. The molecule has 1 N–H and O–H groups in total. The van der Waals surface area contributed by atoms with Crippen LogP contribution in [0.4, 0.5) is 11.6 Å². The van der Waals surface area contributed by atoms with Crippen molar-refractivity contribution in [2.24, 2.45) is 0 Å². The van der Waals surface area contributed by atoms with Crippen LogP contribution in [-0.2, 0) is 6.42 Å². The number of nitrogens with zero attached hydrogens (tertiary/aromatic N) is 2. The quantitative estimate of drug-likeness (QED) is 0.663. The molecule has 0 spiro atoms. The fourth-order valence-electron chi connectivity index (χ4n) is 3.57. The second kappa shape index (κ2) is 7.12. The van der Waals surface area contributed by atoms with Crippen LogP contribution in [0.1, 0.15) is 45.2 Å². The Kier molecular flexibility index (Phi) is 4.66. The molecule has 1 atom stereocenters. The highest BCUT2D eigenvalue weighted by Gasteiger charge is 2.29. The number of nitrogens with one attached hydrogen (secondary N) is 1. The minimum absolute atomic E-state index is 0.107. The van der Waals surface area contributed by atoms with Crippen molar-refractivity contribution in [2.75, 3.05) is 5.32 Å². The molecule has 1 aromatic heterocycles. The molecule has 2 aromatic carbocycles. The van der Waals surface area contributed by atoms with Gasteiger partial charge in [-0.1, -0.05) is 41.4 Å². The van der Waals surface area contributed by atoms with Crippen molar-refractivity contribution < 1.29 is 4.79 Å². The average molecular weight is 378 g/mol. The maximum atomic E-state index is 12.7. The fourth-order valence-corrected chi connectivity index (χ4v) is 3.69. The van der Waals surface area contributed by atoms with E-state index in [9.17, 15) is 4.79 Å². The van der Waals surface area contributed by atoms with E-state index in [1.54, 1.807) is 0 Å². The third-order valence-electron chi connectivity index (χ3n) is 4.96. The van der Waals surface area contributed by atoms with Crippen molar-refractivity contribution in [1.82, 2.24) is 9.97 Å². The molecular formula is C22H20ClN3O. The Morgan fingerprint density at radius 3 is 2.37 bits per heavy atom. The van der Waals surface area contributed by atoms with Crippen molar-refractivity contribution in [3.63, 3.8) is 0 Å². The Hall–Kier alpha value is -2.72. The first-order chi connectivity index (χ1) is 13.0. The zero-order chi connectivity index (χ0) is 19.0. The number of benzene rings is 2. The molecule has 4 rings (SSSR count). The summed E-state index contributed by atoms with van der Waals surface area (Å²) in [6, 6.07) is 15.8. The molecule has 4 nitrogen and oxygen atoms in total. The van der Waals surface area contributed by atoms with Gasteiger partial charge in [-0.05, 0) is 56.0 Å². The van der Waals surface area contributed by atoms with Crippen molar-refractivity contribution in [3.8, 4) is 0 Å². The molecular weight excluding hydrogens is 358 g/mol. The Balaban J connectivity index is 1.65. The summed E-state index contributed by atoms with van der Waals surface area (Å²) in [6.07, 6.45) is 1.19. The van der Waals surface area contributed by atoms with Crippen LogP contribution >= 0.6 is 11.6 Å². The predicted octanol–water partition coefficient (Wildman–Crippen LogP) is 5.40. The topological polar surface area (TPSA) is 54.9 Å². The summed E-state index contributed by atoms with van der Waals surface area (Å²) in [5.74, 6) is 0.749. The van der Waals surface area contributed by atoms with Crippen LogP contribution in [-0.4, -0.2) is 15.8 Å². The molecule has 0 amide bonds. The van der Waals surface area contributed by atoms with Crippen LogP contribution in [0, 0.1) is 13.8 Å². The molecule has 0 saturated heterocycles. The second-order valence-electron chi connectivity index (χ2n) is 7.03. The number of halogens is 1. The van der Waals surface area contributed by atoms with E-state index in [0.29, 0.717) is 29.4 Å². The summed E-state index contributed by atoms with van der Waals surface area (Å²) in [5.41, 5.74) is 5.45. The number of hydrogen-bond donors (Lipinski definition) is 1. The van der Waals surface area contributed by atoms with Crippen molar-refractivity contribution in [1.29, 1.82) is 0 Å². The van der Waals surface area contributed by atoms with Crippen LogP contribution < -0.4 is 5.32 Å². The number of aryl methyl sites for hydroxylation is 2. The van der Waals surface area contributed by atoms with Gasteiger partial charge in [-0.3, -0.25) is 4.79 Å². The molecule has 27 heavy (non-hydrogen) atoms. The second-order valence-corrected chi connectivity index (χ2v) is 7.46. The van der Waals surface area contributed by atoms with Crippen LogP contribution in [0.5, 0.6) is 0 Å². The molecule has 5 heteroatoms. The van der Waals surface area contributed by atoms with Gasteiger partial charge >= 0.3 is 0 Å². The van der Waals surface area contributed by atoms with E-state index < -0.39 is 0 Å². The van der Waals surface area contributed by atoms with Crippen molar-refractivity contribution in [3.05, 3.63) is 81.6 Å². The average Bonchev–Trinajstić information content (AvgIpc) is 2.63. The Morgan fingerprint density at radius 2 is 1.67 bits per heavy atom. The maximum absolute atomic E-state index is 12.7. The van der Waals surface area contributed by atoms with E-state index in [1.165, 1.54) is 5.56 Å². The normalized spacial score (nSPS) is 16.1. The molecule has 1 heterocycles. The lowest BCUT2D eigenvalue weighted by Crippen LogP contribution is -2.22. The summed E-state index contributed by atoms with van der Waals surface area (Å²) in [7, 11) is 0. The van der Waals surface area contributed by atoms with Gasteiger partial charge in [0.05, 0.1) is 17.0 Å². The van der Waals surface area contributed by atoms with E-state index in [1.807, 2.05) is 62.4 Å². The maximum Gasteiger partial charge on any atom is 0.227 e. The van der Waals surface area contributed by atoms with E-state index in [4.69, 9.17) is 11.6 Å². The van der Waals surface area contributed by atoms with E-state index in [0.717, 1.165) is 22.6 Å². The third-order valence-corrected chi connectivity index (χ3v) is 5.22. The molecule has 3 aromatic rings. The molecule has 1 aliphatic rings. The standard InChI is InChI=1S/C22H20ClN3O/c1-13-3-9-18(10-4-13)25-22-24-14(2)21-19(26-22)11-16(12-20(21)27)15-5-7-17(23)8-6-15/h3-10,16H,11-12H2,1-2H3,(H,24,25,26)/t16-/m1/s1. The SMILES string of the molecule is Cc1ccc(Nc2nc(C)c3c(n2)C[C@@H](c2ccc(Cl)cc2)CC3=O)cc1. The zero-order valence-electron chi connectivity index (χ0n) is 15.3. The van der Waals surface area contributed by atoms with Gasteiger partial charge in [-0.25, -0.2) is 9.97 Å². The van der Waals surface area contributed by atoms with Gasteiger partial charge in [0, 0.05) is 17.1 Å². The van der Waals surface area contributed by atoms with Gasteiger partial charge in [0.2, 0.25) is 5.95 Å². The Labute approximate surface area is 163 Å². The number of rotatable bonds is 3. The number of carbonyl (C=O) groups is 1. The zero-order valence-corrected chi connectivity index (χ0v) is 16.0. The van der Waals surface area contributed by atoms with Crippen LogP contribution in [0.2, 0.25) is 5.02 Å². The van der Waals surface area contributed by atoms with E-state index >= 15 is 0 Å². The minimum atomic E-state index is 0.107. The van der Waals surface area contributed by atoms with Crippen molar-refractivity contribution >= 4 is 29.0 Å². The minimum Gasteiger partial charge on any atom is -0.324 e. The van der Waals surface area contributed by atoms with Gasteiger partial charge in [0.15, 0.2) is 5.78 Å². The van der Waals surface area contributed by atoms with Gasteiger partial charge in [0.1, 0.15) is 0 Å². The largest absolute Gasteiger partial charge is 0.324 e. The van der Waals surface area contributed by atoms with Gasteiger partial charge in [-0.15, -0.1) is 0 Å². The monoisotopic (exact) mass is 377 g/mol. The lowest BCUT2D eigenvalue weighted by molar-refractivity contribution is 0.0962. The molecule has 136 valence electrons. The number of anilines is 2. The van der Waals surface area contributed by atoms with Gasteiger partial charge < -0.3 is 5.32 Å². The predicted molar refractivity (Wildman–Crippen MR) is 108 cm³/mol. The van der Waals surface area contributed by atoms with E-state index in [-0.39, 0.29) is 11.7 Å². The Morgan fingerprint density at radius 1 is 0.963 bits per heavy atom. The summed E-state index contributed by atoms with van der Waals surface area (Å²) in [5, 5.41) is 3.95. The number of carbonyl (C=O) groups excluding carboxylic acids is 1. The first-order valence-corrected chi connectivity index (χ1v) is 9.37. The van der Waals surface area contributed by atoms with Crippen LogP contribution in [0.15, 0.2) is 48.5 Å². The first-order valence-electron chi connectivity index (χ1n) is 8.99. The number of aromatic nitrogens is 2. The highest BCUT2D eigenvalue weighted by molar-refractivity contribution is 6.30. The fraction of sp³-hybridized carbons (Fsp3) is 0.227. The molecule has 0 saturated carbocycles. The highest BCUT2D eigenvalue weighted by Crippen LogP contribution is 2.34. The number of fused-ring (bicyclic) bond motifs is 1. The number of Topliss-reactive ketones (excluding diaryl/α,β-unsaturated/α-hetero) is 1. The van der Waals surface area contributed by atoms with Crippen LogP contribution in [0.3, 0.4) is 0 Å². The lowest BCUT2D eigenvalue weighted by atomic mass is 9.81. The molecule has 1 aliphatic carbocycles. The van der Waals surface area contributed by atoms with Crippen LogP contribution in [0.25, 0.3) is 0 Å². The smallest absolute Gasteiger partial charge is 0.227 e. The number of hydrogen-bond acceptors (Lipinski definition) is 4.